The van der Waals surface area contributed by atoms with E-state index in [1.165, 1.54) is 28.8 Å². The Morgan fingerprint density at radius 3 is 2.55 bits per heavy atom. The summed E-state index contributed by atoms with van der Waals surface area (Å²) in [6.45, 7) is 4.66. The minimum atomic E-state index is -0.448. The molecule has 1 aromatic heterocycles. The number of aromatic nitrogens is 2. The van der Waals surface area contributed by atoms with Crippen LogP contribution in [-0.2, 0) is 16.8 Å². The number of aliphatic hydroxyl groups is 1. The van der Waals surface area contributed by atoms with Gasteiger partial charge >= 0.3 is 0 Å². The molecule has 5 aliphatic carbocycles. The lowest BCUT2D eigenvalue weighted by Gasteiger charge is -2.59. The highest BCUT2D eigenvalue weighted by Gasteiger charge is 2.63. The number of carbonyl (C=O) groups is 1. The predicted molar refractivity (Wildman–Crippen MR) is 160 cm³/mol. The minimum Gasteiger partial charge on any atom is -0.393 e. The van der Waals surface area contributed by atoms with E-state index in [0.29, 0.717) is 18.3 Å². The summed E-state index contributed by atoms with van der Waals surface area (Å²) in [6, 6.07) is 16.9. The lowest BCUT2D eigenvalue weighted by molar-refractivity contribution is -0.144. The van der Waals surface area contributed by atoms with Gasteiger partial charge < -0.3 is 10.4 Å². The van der Waals surface area contributed by atoms with Crippen LogP contribution in [0.15, 0.2) is 66.4 Å². The normalized spacial score (nSPS) is 35.7. The standard InChI is InChI=1S/C36H40FN3O2/c1-34-19-22-21-38-40(26-11-9-25(37)10-12-26)30(22)18-24(34)8-13-27-28-14-15-29(35(28,2)20-31(41)32(27)34)33(42)39-36(16-17-36)23-6-4-3-5-7-23/h3-7,9-12,18,21,27-29,31-32,41H,8,13-17,19-20H2,1-2H3,(H,39,42). The Bertz CT molecular complexity index is 1570. The monoisotopic (exact) mass is 565 g/mol. The van der Waals surface area contributed by atoms with E-state index in [-0.39, 0.29) is 39.9 Å². The van der Waals surface area contributed by atoms with Gasteiger partial charge in [-0.05, 0) is 121 Å². The van der Waals surface area contributed by atoms with Gasteiger partial charge in [0.2, 0.25) is 5.91 Å². The molecule has 1 heterocycles. The molecule has 7 atom stereocenters. The first kappa shape index (κ1) is 26.4. The van der Waals surface area contributed by atoms with Crippen molar-refractivity contribution in [2.75, 3.05) is 0 Å². The lowest BCUT2D eigenvalue weighted by Crippen LogP contribution is -2.58. The largest absolute Gasteiger partial charge is 0.393 e. The molecule has 2 aromatic carbocycles. The van der Waals surface area contributed by atoms with Crippen LogP contribution in [0.1, 0.15) is 75.6 Å². The fourth-order valence-corrected chi connectivity index (χ4v) is 10.1. The summed E-state index contributed by atoms with van der Waals surface area (Å²) >= 11 is 0. The van der Waals surface area contributed by atoms with Crippen molar-refractivity contribution in [3.05, 3.63) is 89.0 Å². The number of benzene rings is 2. The third-order valence-electron chi connectivity index (χ3n) is 12.2. The number of hydrogen-bond acceptors (Lipinski definition) is 3. The molecule has 0 radical (unpaired) electrons. The highest BCUT2D eigenvalue weighted by atomic mass is 19.1. The fourth-order valence-electron chi connectivity index (χ4n) is 10.1. The molecular weight excluding hydrogens is 525 g/mol. The second-order valence-corrected chi connectivity index (χ2v) is 14.4. The first-order valence-corrected chi connectivity index (χ1v) is 15.8. The smallest absolute Gasteiger partial charge is 0.224 e. The molecule has 5 aliphatic rings. The average molecular weight is 566 g/mol. The van der Waals surface area contributed by atoms with Crippen LogP contribution in [0.5, 0.6) is 0 Å². The number of nitrogens with one attached hydrogen (secondary N) is 1. The Hall–Kier alpha value is -3.25. The molecule has 3 aromatic rings. The fraction of sp³-hybridized carbons (Fsp3) is 0.500. The highest BCUT2D eigenvalue weighted by Crippen LogP contribution is 2.67. The third-order valence-corrected chi connectivity index (χ3v) is 12.2. The first-order valence-electron chi connectivity index (χ1n) is 15.8. The molecule has 0 bridgehead atoms. The summed E-state index contributed by atoms with van der Waals surface area (Å²) < 4.78 is 15.5. The molecule has 2 N–H and O–H groups in total. The van der Waals surface area contributed by atoms with Gasteiger partial charge in [0.05, 0.1) is 29.2 Å². The molecule has 5 nitrogen and oxygen atoms in total. The number of aliphatic hydroxyl groups excluding tert-OH is 1. The molecule has 0 spiro atoms. The van der Waals surface area contributed by atoms with Crippen LogP contribution >= 0.6 is 0 Å². The number of halogens is 1. The van der Waals surface area contributed by atoms with E-state index in [2.05, 4.69) is 49.5 Å². The van der Waals surface area contributed by atoms with Crippen LogP contribution < -0.4 is 5.32 Å². The van der Waals surface area contributed by atoms with Crippen LogP contribution in [-0.4, -0.2) is 26.9 Å². The Morgan fingerprint density at radius 1 is 1.05 bits per heavy atom. The number of rotatable bonds is 4. The second-order valence-electron chi connectivity index (χ2n) is 14.4. The van der Waals surface area contributed by atoms with Crippen LogP contribution in [0.25, 0.3) is 11.8 Å². The zero-order chi connectivity index (χ0) is 28.9. The maximum atomic E-state index is 13.9. The molecule has 7 unspecified atom stereocenters. The summed E-state index contributed by atoms with van der Waals surface area (Å²) in [6.07, 6.45) is 11.3. The molecule has 0 aliphatic heterocycles. The van der Waals surface area contributed by atoms with Gasteiger partial charge in [-0.3, -0.25) is 4.79 Å². The van der Waals surface area contributed by atoms with Crippen molar-refractivity contribution in [1.82, 2.24) is 15.1 Å². The molecule has 4 fully saturated rings. The number of amides is 1. The molecule has 0 saturated heterocycles. The minimum absolute atomic E-state index is 0.0593. The number of carbonyl (C=O) groups excluding carboxylic acids is 1. The summed E-state index contributed by atoms with van der Waals surface area (Å²) in [5, 5.41) is 20.2. The highest BCUT2D eigenvalue weighted by molar-refractivity contribution is 5.81. The van der Waals surface area contributed by atoms with Gasteiger partial charge in [-0.25, -0.2) is 9.07 Å². The number of nitrogens with zero attached hydrogens (tertiary/aromatic N) is 2. The van der Waals surface area contributed by atoms with Crippen molar-refractivity contribution in [2.24, 2.45) is 34.5 Å². The van der Waals surface area contributed by atoms with Gasteiger partial charge in [0.25, 0.3) is 0 Å². The zero-order valence-corrected chi connectivity index (χ0v) is 24.5. The third kappa shape index (κ3) is 3.76. The van der Waals surface area contributed by atoms with E-state index in [1.54, 1.807) is 12.1 Å². The SMILES string of the molecule is CC12Cc3cnn(-c4ccc(F)cc4)c3C=C1CCC1C2C(O)CC2(C)C(C(=O)NC3(c4ccccc4)CC3)CCC12. The average Bonchev–Trinajstić information content (AvgIpc) is 3.51. The molecule has 218 valence electrons. The van der Waals surface area contributed by atoms with Crippen LogP contribution in [0, 0.1) is 40.3 Å². The summed E-state index contributed by atoms with van der Waals surface area (Å²) in [7, 11) is 0. The van der Waals surface area contributed by atoms with E-state index >= 15 is 0 Å². The van der Waals surface area contributed by atoms with E-state index in [1.807, 2.05) is 16.9 Å². The van der Waals surface area contributed by atoms with E-state index < -0.39 is 6.10 Å². The van der Waals surface area contributed by atoms with Crippen molar-refractivity contribution in [2.45, 2.75) is 76.9 Å². The van der Waals surface area contributed by atoms with Crippen LogP contribution in [0.3, 0.4) is 0 Å². The predicted octanol–water partition coefficient (Wildman–Crippen LogP) is 6.59. The topological polar surface area (TPSA) is 67.1 Å². The first-order chi connectivity index (χ1) is 20.2. The maximum Gasteiger partial charge on any atom is 0.224 e. The van der Waals surface area contributed by atoms with Crippen molar-refractivity contribution in [1.29, 1.82) is 0 Å². The van der Waals surface area contributed by atoms with Crippen molar-refractivity contribution >= 4 is 12.0 Å². The maximum absolute atomic E-state index is 13.9. The van der Waals surface area contributed by atoms with E-state index in [9.17, 15) is 14.3 Å². The van der Waals surface area contributed by atoms with Gasteiger partial charge in [0.15, 0.2) is 0 Å². The summed E-state index contributed by atoms with van der Waals surface area (Å²) in [4.78, 5) is 13.9. The molecule has 42 heavy (non-hydrogen) atoms. The van der Waals surface area contributed by atoms with Crippen molar-refractivity contribution in [3.8, 4) is 5.69 Å². The van der Waals surface area contributed by atoms with Crippen molar-refractivity contribution < 1.29 is 14.3 Å². The zero-order valence-electron chi connectivity index (χ0n) is 24.5. The Morgan fingerprint density at radius 2 is 1.81 bits per heavy atom. The van der Waals surface area contributed by atoms with Gasteiger partial charge in [0.1, 0.15) is 5.82 Å². The van der Waals surface area contributed by atoms with Crippen LogP contribution in [0.2, 0.25) is 0 Å². The van der Waals surface area contributed by atoms with Crippen molar-refractivity contribution in [3.63, 3.8) is 0 Å². The van der Waals surface area contributed by atoms with E-state index in [4.69, 9.17) is 5.10 Å². The number of allylic oxidation sites excluding steroid dienone is 1. The summed E-state index contributed by atoms with van der Waals surface area (Å²) in [5.74, 6) is 0.878. The van der Waals surface area contributed by atoms with Crippen LogP contribution in [0.4, 0.5) is 4.39 Å². The van der Waals surface area contributed by atoms with Gasteiger partial charge in [0, 0.05) is 5.92 Å². The lowest BCUT2D eigenvalue weighted by atomic mass is 9.46. The summed E-state index contributed by atoms with van der Waals surface area (Å²) in [5.41, 5.74) is 5.18. The van der Waals surface area contributed by atoms with Gasteiger partial charge in [-0.2, -0.15) is 5.10 Å². The Labute approximate surface area is 247 Å². The van der Waals surface area contributed by atoms with Gasteiger partial charge in [-0.15, -0.1) is 0 Å². The number of fused-ring (bicyclic) bond motifs is 6. The Kier molecular flexibility index (Phi) is 5.73. The quantitative estimate of drug-likeness (QED) is 0.375. The van der Waals surface area contributed by atoms with Gasteiger partial charge in [-0.1, -0.05) is 49.8 Å². The molecular formula is C36H40FN3O2. The molecule has 1 amide bonds. The molecule has 8 rings (SSSR count). The number of hydrogen-bond donors (Lipinski definition) is 2. The molecule has 4 saturated carbocycles. The Balaban J connectivity index is 1.06. The second kappa shape index (κ2) is 9.12. The van der Waals surface area contributed by atoms with E-state index in [0.717, 1.165) is 56.3 Å². The molecule has 6 heteroatoms.